The minimum absolute atomic E-state index is 0.108. The standard InChI is InChI=1S/C85H166O17P2/c1-8-9-10-11-12-13-14-15-20-26-32-39-47-54-61-68-84(89)102-81(73-96-83(88)67-60-53-46-41-34-37-44-51-58-65-78(6)7)75-100-104(93,94)98-71-79(86)70-97-103(91,92)99-74-80(72-95-82(87)66-59-52-45-38-31-28-23-25-30-36-43-50-57-64-77(4)5)101-85(90)69-62-55-48-40-33-27-22-19-17-16-18-21-24-29-35-42-49-56-63-76(2)3/h76-81,86H,8-75H2,1-7H3,(H,91,92)(H,93,94)/t79-,80-,81-/m1/s1. The Morgan fingerprint density at radius 2 is 0.442 bits per heavy atom. The molecule has 0 saturated carbocycles. The van der Waals surface area contributed by atoms with Gasteiger partial charge in [-0.2, -0.15) is 0 Å². The lowest BCUT2D eigenvalue weighted by Crippen LogP contribution is -2.30. The van der Waals surface area contributed by atoms with Gasteiger partial charge in [0.2, 0.25) is 0 Å². The second kappa shape index (κ2) is 75.1. The van der Waals surface area contributed by atoms with Crippen LogP contribution in [0.5, 0.6) is 0 Å². The molecule has 0 heterocycles. The fourth-order valence-corrected chi connectivity index (χ4v) is 14.8. The van der Waals surface area contributed by atoms with Crippen LogP contribution in [0.1, 0.15) is 447 Å². The van der Waals surface area contributed by atoms with Crippen LogP contribution in [-0.4, -0.2) is 96.7 Å². The molecule has 0 aliphatic rings. The molecule has 0 radical (unpaired) electrons. The van der Waals surface area contributed by atoms with E-state index in [-0.39, 0.29) is 25.7 Å². The molecular weight excluding hydrogens is 1350 g/mol. The van der Waals surface area contributed by atoms with Gasteiger partial charge in [0.05, 0.1) is 26.4 Å². The Balaban J connectivity index is 5.25. The molecule has 2 unspecified atom stereocenters. The van der Waals surface area contributed by atoms with E-state index in [1.165, 1.54) is 257 Å². The third-order valence-corrected chi connectivity index (χ3v) is 21.8. The van der Waals surface area contributed by atoms with Crippen molar-refractivity contribution in [1.82, 2.24) is 0 Å². The van der Waals surface area contributed by atoms with E-state index in [9.17, 15) is 43.2 Å². The summed E-state index contributed by atoms with van der Waals surface area (Å²) in [5.41, 5.74) is 0. The lowest BCUT2D eigenvalue weighted by atomic mass is 10.0. The quantitative estimate of drug-likeness (QED) is 0.0222. The number of hydrogen-bond donors (Lipinski definition) is 3. The van der Waals surface area contributed by atoms with Gasteiger partial charge in [0.25, 0.3) is 0 Å². The molecular formula is C85H166O17P2. The molecule has 3 N–H and O–H groups in total. The highest BCUT2D eigenvalue weighted by Crippen LogP contribution is 2.45. The molecule has 19 heteroatoms. The zero-order valence-electron chi connectivity index (χ0n) is 68.5. The number of carbonyl (C=O) groups excluding carboxylic acids is 4. The first-order valence-corrected chi connectivity index (χ1v) is 46.8. The first-order chi connectivity index (χ1) is 50.2. The summed E-state index contributed by atoms with van der Waals surface area (Å²) in [6, 6.07) is 0. The molecule has 0 rings (SSSR count). The summed E-state index contributed by atoms with van der Waals surface area (Å²) < 4.78 is 68.9. The molecule has 0 aromatic carbocycles. The maximum Gasteiger partial charge on any atom is 0.472 e. The van der Waals surface area contributed by atoms with Crippen LogP contribution in [0.25, 0.3) is 0 Å². The summed E-state index contributed by atoms with van der Waals surface area (Å²) >= 11 is 0. The van der Waals surface area contributed by atoms with Crippen LogP contribution < -0.4 is 0 Å². The van der Waals surface area contributed by atoms with Crippen molar-refractivity contribution in [1.29, 1.82) is 0 Å². The molecule has 0 saturated heterocycles. The van der Waals surface area contributed by atoms with Crippen molar-refractivity contribution < 1.29 is 80.2 Å². The number of esters is 4. The van der Waals surface area contributed by atoms with E-state index < -0.39 is 97.5 Å². The minimum atomic E-state index is -4.97. The first-order valence-electron chi connectivity index (χ1n) is 43.8. The number of unbranched alkanes of at least 4 members (excludes halogenated alkanes) is 51. The number of rotatable bonds is 83. The second-order valence-electron chi connectivity index (χ2n) is 32.0. The highest BCUT2D eigenvalue weighted by molar-refractivity contribution is 7.47. The Bertz CT molecular complexity index is 2010. The number of phosphoric ester groups is 2. The minimum Gasteiger partial charge on any atom is -0.462 e. The van der Waals surface area contributed by atoms with Gasteiger partial charge in [-0.25, -0.2) is 9.13 Å². The average molecular weight is 1520 g/mol. The van der Waals surface area contributed by atoms with Gasteiger partial charge in [0, 0.05) is 25.7 Å². The molecule has 0 aromatic rings. The van der Waals surface area contributed by atoms with Crippen LogP contribution in [0, 0.1) is 17.8 Å². The number of ether oxygens (including phenoxy) is 4. The number of aliphatic hydroxyl groups excluding tert-OH is 1. The Morgan fingerprint density at radius 1 is 0.260 bits per heavy atom. The van der Waals surface area contributed by atoms with E-state index in [4.69, 9.17) is 37.0 Å². The van der Waals surface area contributed by atoms with Gasteiger partial charge in [0.1, 0.15) is 19.3 Å². The van der Waals surface area contributed by atoms with Gasteiger partial charge in [0.15, 0.2) is 12.2 Å². The van der Waals surface area contributed by atoms with Crippen molar-refractivity contribution in [2.45, 2.75) is 465 Å². The molecule has 0 aliphatic carbocycles. The summed E-state index contributed by atoms with van der Waals surface area (Å²) in [7, 11) is -9.93. The van der Waals surface area contributed by atoms with Crippen molar-refractivity contribution in [3.8, 4) is 0 Å². The highest BCUT2D eigenvalue weighted by Gasteiger charge is 2.30. The Morgan fingerprint density at radius 3 is 0.654 bits per heavy atom. The Labute approximate surface area is 638 Å². The fourth-order valence-electron chi connectivity index (χ4n) is 13.2. The third kappa shape index (κ3) is 78.2. The highest BCUT2D eigenvalue weighted by atomic mass is 31.2. The number of carbonyl (C=O) groups is 4. The van der Waals surface area contributed by atoms with Crippen LogP contribution in [0.15, 0.2) is 0 Å². The number of aliphatic hydroxyl groups is 1. The molecule has 5 atom stereocenters. The predicted molar refractivity (Wildman–Crippen MR) is 428 cm³/mol. The lowest BCUT2D eigenvalue weighted by molar-refractivity contribution is -0.161. The molecule has 0 amide bonds. The molecule has 618 valence electrons. The molecule has 0 fully saturated rings. The van der Waals surface area contributed by atoms with Crippen molar-refractivity contribution in [2.75, 3.05) is 39.6 Å². The van der Waals surface area contributed by atoms with Crippen LogP contribution in [0.3, 0.4) is 0 Å². The lowest BCUT2D eigenvalue weighted by Gasteiger charge is -2.21. The van der Waals surface area contributed by atoms with Gasteiger partial charge in [-0.1, -0.05) is 395 Å². The topological polar surface area (TPSA) is 237 Å². The monoisotopic (exact) mass is 1520 g/mol. The third-order valence-electron chi connectivity index (χ3n) is 19.9. The van der Waals surface area contributed by atoms with Crippen molar-refractivity contribution in [3.63, 3.8) is 0 Å². The molecule has 17 nitrogen and oxygen atoms in total. The van der Waals surface area contributed by atoms with Gasteiger partial charge in [-0.15, -0.1) is 0 Å². The number of phosphoric acid groups is 2. The fraction of sp³-hybridized carbons (Fsp3) is 0.953. The molecule has 0 bridgehead atoms. The SMILES string of the molecule is CCCCCCCCCCCCCCCCCC(=O)O[C@H](COC(=O)CCCCCCCCCCCC(C)C)COP(=O)(O)OC[C@H](O)COP(=O)(O)OC[C@@H](COC(=O)CCCCCCCCCCCCCCCC(C)C)OC(=O)CCCCCCCCCCCCCCCCCCCCC(C)C. The van der Waals surface area contributed by atoms with Gasteiger partial charge in [-0.05, 0) is 43.4 Å². The van der Waals surface area contributed by atoms with Gasteiger partial charge in [-0.3, -0.25) is 37.3 Å². The average Bonchev–Trinajstić information content (AvgIpc) is 0.903. The zero-order valence-corrected chi connectivity index (χ0v) is 70.3. The van der Waals surface area contributed by atoms with E-state index in [2.05, 4.69) is 48.5 Å². The van der Waals surface area contributed by atoms with Crippen molar-refractivity contribution in [3.05, 3.63) is 0 Å². The maximum absolute atomic E-state index is 13.1. The van der Waals surface area contributed by atoms with Crippen molar-refractivity contribution in [2.24, 2.45) is 17.8 Å². The summed E-state index contributed by atoms with van der Waals surface area (Å²) in [6.45, 7) is 12.0. The zero-order chi connectivity index (χ0) is 76.5. The van der Waals surface area contributed by atoms with E-state index in [0.29, 0.717) is 25.7 Å². The smallest absolute Gasteiger partial charge is 0.462 e. The van der Waals surface area contributed by atoms with Gasteiger partial charge < -0.3 is 33.8 Å². The van der Waals surface area contributed by atoms with Crippen LogP contribution in [0.4, 0.5) is 0 Å². The normalized spacial score (nSPS) is 13.9. The summed E-state index contributed by atoms with van der Waals surface area (Å²) in [4.78, 5) is 73.2. The van der Waals surface area contributed by atoms with E-state index in [1.54, 1.807) is 0 Å². The van der Waals surface area contributed by atoms with Crippen molar-refractivity contribution >= 4 is 39.5 Å². The molecule has 104 heavy (non-hydrogen) atoms. The summed E-state index contributed by atoms with van der Waals surface area (Å²) in [6.07, 6.45) is 65.2. The molecule has 0 aromatic heterocycles. The van der Waals surface area contributed by atoms with E-state index >= 15 is 0 Å². The number of hydrogen-bond acceptors (Lipinski definition) is 15. The van der Waals surface area contributed by atoms with Gasteiger partial charge >= 0.3 is 39.5 Å². The summed E-state index contributed by atoms with van der Waals surface area (Å²) in [5, 5.41) is 10.7. The van der Waals surface area contributed by atoms with Crippen LogP contribution in [0.2, 0.25) is 0 Å². The Kier molecular flexibility index (Phi) is 73.7. The van der Waals surface area contributed by atoms with E-state index in [0.717, 1.165) is 108 Å². The molecule has 0 aliphatic heterocycles. The maximum atomic E-state index is 13.1. The largest absolute Gasteiger partial charge is 0.472 e. The Hall–Kier alpha value is -1.94. The first kappa shape index (κ1) is 102. The molecule has 0 spiro atoms. The summed E-state index contributed by atoms with van der Waals surface area (Å²) in [5.74, 6) is 0.251. The van der Waals surface area contributed by atoms with Crippen LogP contribution in [-0.2, 0) is 65.4 Å². The second-order valence-corrected chi connectivity index (χ2v) is 34.9. The van der Waals surface area contributed by atoms with E-state index in [1.807, 2.05) is 0 Å². The van der Waals surface area contributed by atoms with Crippen LogP contribution >= 0.6 is 15.6 Å². The predicted octanol–water partition coefficient (Wildman–Crippen LogP) is 25.7.